The molecule has 0 radical (unpaired) electrons. The van der Waals surface area contributed by atoms with Crippen molar-refractivity contribution in [2.75, 3.05) is 65.0 Å². The molecule has 31 heavy (non-hydrogen) atoms. The van der Waals surface area contributed by atoms with Crippen molar-refractivity contribution in [2.24, 2.45) is 4.99 Å². The number of rotatable bonds is 10. The maximum absolute atomic E-state index is 5.37. The summed E-state index contributed by atoms with van der Waals surface area (Å²) in [7, 11) is 3.43. The van der Waals surface area contributed by atoms with Gasteiger partial charge in [0.05, 0.1) is 7.11 Å². The van der Waals surface area contributed by atoms with Gasteiger partial charge in [-0.15, -0.1) is 10.2 Å². The smallest absolute Gasteiger partial charge is 0.194 e. The molecule has 0 amide bonds. The summed E-state index contributed by atoms with van der Waals surface area (Å²) in [6.07, 6.45) is 3.59. The molecule has 0 saturated carbocycles. The molecule has 1 fully saturated rings. The van der Waals surface area contributed by atoms with Crippen molar-refractivity contribution in [1.82, 2.24) is 25.0 Å². The topological polar surface area (TPSA) is 80.0 Å². The number of piperazine rings is 1. The van der Waals surface area contributed by atoms with Crippen molar-refractivity contribution >= 4 is 11.6 Å². The van der Waals surface area contributed by atoms with E-state index in [1.165, 1.54) is 5.69 Å². The number of hydrogen-bond donors (Lipinski definition) is 1. The second kappa shape index (κ2) is 12.1. The standard InChI is InChI=1S/C22H35N7O2/c1-4-21-26-25-18-29(21)11-10-24-22(23-9-6-16-30-2)28-14-12-27(13-15-28)19-7-5-8-20(17-19)31-3/h5,7-8,17-18H,4,6,9-16H2,1-3H3,(H,23,24). The first-order valence-corrected chi connectivity index (χ1v) is 11.0. The first-order valence-electron chi connectivity index (χ1n) is 11.0. The van der Waals surface area contributed by atoms with Crippen LogP contribution in [0.5, 0.6) is 5.75 Å². The normalized spacial score (nSPS) is 14.7. The zero-order chi connectivity index (χ0) is 21.9. The van der Waals surface area contributed by atoms with Crippen LogP contribution >= 0.6 is 0 Å². The van der Waals surface area contributed by atoms with E-state index in [1.54, 1.807) is 20.5 Å². The summed E-state index contributed by atoms with van der Waals surface area (Å²) in [5, 5.41) is 11.7. The average molecular weight is 430 g/mol. The lowest BCUT2D eigenvalue weighted by Gasteiger charge is -2.38. The van der Waals surface area contributed by atoms with E-state index in [0.717, 1.165) is 82.8 Å². The zero-order valence-electron chi connectivity index (χ0n) is 19.0. The third-order valence-corrected chi connectivity index (χ3v) is 5.41. The molecule has 0 atom stereocenters. The van der Waals surface area contributed by atoms with Crippen molar-refractivity contribution in [2.45, 2.75) is 26.3 Å². The quantitative estimate of drug-likeness (QED) is 0.349. The summed E-state index contributed by atoms with van der Waals surface area (Å²) < 4.78 is 12.6. The maximum atomic E-state index is 5.37. The third-order valence-electron chi connectivity index (χ3n) is 5.41. The van der Waals surface area contributed by atoms with Gasteiger partial charge in [0.25, 0.3) is 0 Å². The van der Waals surface area contributed by atoms with Crippen molar-refractivity contribution < 1.29 is 9.47 Å². The van der Waals surface area contributed by atoms with Crippen LogP contribution in [0.15, 0.2) is 35.6 Å². The molecule has 2 aromatic rings. The number of benzene rings is 1. The molecule has 2 heterocycles. The largest absolute Gasteiger partial charge is 0.497 e. The Kier molecular flexibility index (Phi) is 8.96. The molecule has 1 N–H and O–H groups in total. The highest BCUT2D eigenvalue weighted by atomic mass is 16.5. The number of nitrogens with one attached hydrogen (secondary N) is 1. The number of nitrogens with zero attached hydrogens (tertiary/aromatic N) is 6. The Balaban J connectivity index is 1.57. The molecule has 1 saturated heterocycles. The number of aryl methyl sites for hydroxylation is 1. The molecule has 9 heteroatoms. The fourth-order valence-electron chi connectivity index (χ4n) is 3.67. The Bertz CT molecular complexity index is 816. The van der Waals surface area contributed by atoms with Gasteiger partial charge < -0.3 is 29.2 Å². The summed E-state index contributed by atoms with van der Waals surface area (Å²) in [6.45, 7) is 8.88. The van der Waals surface area contributed by atoms with Gasteiger partial charge in [-0.2, -0.15) is 0 Å². The first kappa shape index (κ1) is 22.9. The van der Waals surface area contributed by atoms with Crippen LogP contribution in [-0.2, 0) is 17.7 Å². The Morgan fingerprint density at radius 2 is 2.03 bits per heavy atom. The molecule has 0 unspecified atom stereocenters. The maximum Gasteiger partial charge on any atom is 0.194 e. The van der Waals surface area contributed by atoms with Crippen molar-refractivity contribution in [3.05, 3.63) is 36.4 Å². The van der Waals surface area contributed by atoms with E-state index in [4.69, 9.17) is 14.5 Å². The SMILES string of the molecule is CCc1nncn1CCNC(=NCCCOC)N1CCN(c2cccc(OC)c2)CC1. The number of hydrogen-bond acceptors (Lipinski definition) is 6. The predicted molar refractivity (Wildman–Crippen MR) is 123 cm³/mol. The van der Waals surface area contributed by atoms with Gasteiger partial charge >= 0.3 is 0 Å². The fourth-order valence-corrected chi connectivity index (χ4v) is 3.67. The number of methoxy groups -OCH3 is 2. The van der Waals surface area contributed by atoms with E-state index in [-0.39, 0.29) is 0 Å². The summed E-state index contributed by atoms with van der Waals surface area (Å²) in [6, 6.07) is 8.26. The number of ether oxygens (including phenoxy) is 2. The summed E-state index contributed by atoms with van der Waals surface area (Å²) in [5.41, 5.74) is 1.20. The monoisotopic (exact) mass is 429 g/mol. The minimum atomic E-state index is 0.723. The molecule has 3 rings (SSSR count). The van der Waals surface area contributed by atoms with E-state index in [9.17, 15) is 0 Å². The Labute approximate surface area is 185 Å². The van der Waals surface area contributed by atoms with Gasteiger partial charge in [-0.25, -0.2) is 0 Å². The molecule has 170 valence electrons. The highest BCUT2D eigenvalue weighted by Gasteiger charge is 2.20. The highest BCUT2D eigenvalue weighted by Crippen LogP contribution is 2.22. The summed E-state index contributed by atoms with van der Waals surface area (Å²) in [4.78, 5) is 9.58. The molecular formula is C22H35N7O2. The Morgan fingerprint density at radius 1 is 1.19 bits per heavy atom. The molecule has 1 aliphatic heterocycles. The van der Waals surface area contributed by atoms with Crippen LogP contribution in [0.1, 0.15) is 19.2 Å². The number of aliphatic imine (C=N–C) groups is 1. The van der Waals surface area contributed by atoms with Gasteiger partial charge in [0.2, 0.25) is 0 Å². The Morgan fingerprint density at radius 3 is 2.77 bits per heavy atom. The van der Waals surface area contributed by atoms with Gasteiger partial charge in [0.15, 0.2) is 5.96 Å². The van der Waals surface area contributed by atoms with Crippen LogP contribution in [0.3, 0.4) is 0 Å². The van der Waals surface area contributed by atoms with Crippen molar-refractivity contribution in [1.29, 1.82) is 0 Å². The fraction of sp³-hybridized carbons (Fsp3) is 0.591. The van der Waals surface area contributed by atoms with Gasteiger partial charge in [-0.05, 0) is 18.6 Å². The van der Waals surface area contributed by atoms with Crippen LogP contribution < -0.4 is 15.0 Å². The molecule has 1 aliphatic rings. The number of anilines is 1. The van der Waals surface area contributed by atoms with Crippen LogP contribution in [0.25, 0.3) is 0 Å². The van der Waals surface area contributed by atoms with Crippen LogP contribution in [0, 0.1) is 0 Å². The first-order chi connectivity index (χ1) is 15.2. The molecule has 1 aromatic carbocycles. The second-order valence-corrected chi connectivity index (χ2v) is 7.45. The lowest BCUT2D eigenvalue weighted by atomic mass is 10.2. The van der Waals surface area contributed by atoms with E-state index >= 15 is 0 Å². The highest BCUT2D eigenvalue weighted by molar-refractivity contribution is 5.80. The summed E-state index contributed by atoms with van der Waals surface area (Å²) >= 11 is 0. The van der Waals surface area contributed by atoms with Gasteiger partial charge in [-0.3, -0.25) is 4.99 Å². The van der Waals surface area contributed by atoms with Crippen molar-refractivity contribution in [3.63, 3.8) is 0 Å². The van der Waals surface area contributed by atoms with Crippen LogP contribution in [0.4, 0.5) is 5.69 Å². The molecule has 0 aliphatic carbocycles. The zero-order valence-corrected chi connectivity index (χ0v) is 19.0. The van der Waals surface area contributed by atoms with E-state index < -0.39 is 0 Å². The summed E-state index contributed by atoms with van der Waals surface area (Å²) in [5.74, 6) is 2.86. The van der Waals surface area contributed by atoms with Crippen LogP contribution in [-0.4, -0.2) is 85.7 Å². The molecule has 9 nitrogen and oxygen atoms in total. The lowest BCUT2D eigenvalue weighted by molar-refractivity contribution is 0.197. The lowest BCUT2D eigenvalue weighted by Crippen LogP contribution is -2.53. The number of aromatic nitrogens is 3. The molecule has 0 bridgehead atoms. The molecule has 0 spiro atoms. The van der Waals surface area contributed by atoms with E-state index in [2.05, 4.69) is 48.9 Å². The van der Waals surface area contributed by atoms with Crippen molar-refractivity contribution in [3.8, 4) is 5.75 Å². The second-order valence-electron chi connectivity index (χ2n) is 7.45. The minimum Gasteiger partial charge on any atom is -0.497 e. The minimum absolute atomic E-state index is 0.723. The number of guanidine groups is 1. The van der Waals surface area contributed by atoms with Gasteiger partial charge in [-0.1, -0.05) is 13.0 Å². The Hall–Kier alpha value is -2.81. The van der Waals surface area contributed by atoms with Crippen LogP contribution in [0.2, 0.25) is 0 Å². The van der Waals surface area contributed by atoms with Gasteiger partial charge in [0, 0.05) is 77.7 Å². The third kappa shape index (κ3) is 6.58. The van der Waals surface area contributed by atoms with E-state index in [0.29, 0.717) is 0 Å². The predicted octanol–water partition coefficient (Wildman–Crippen LogP) is 1.65. The molecular weight excluding hydrogens is 394 g/mol. The average Bonchev–Trinajstić information content (AvgIpc) is 3.28. The van der Waals surface area contributed by atoms with E-state index in [1.807, 2.05) is 12.1 Å². The molecule has 1 aromatic heterocycles. The van der Waals surface area contributed by atoms with Gasteiger partial charge in [0.1, 0.15) is 17.9 Å².